The minimum atomic E-state index is 0.335. The van der Waals surface area contributed by atoms with Gasteiger partial charge in [0, 0.05) is 34.6 Å². The monoisotopic (exact) mass is 415 g/mol. The molecule has 1 aliphatic rings. The fraction of sp³-hybridized carbons (Fsp3) is 0.440. The van der Waals surface area contributed by atoms with Crippen LogP contribution in [-0.4, -0.2) is 17.5 Å². The standard InChI is InChI=1S/C25H31Cl2N/c1-4-8-18-15-24(20-9-7-10-22(27)16-20)25(19-11-13-21(26)14-12-19)28(17-18)23(5-2)6-3/h4,7,9-14,16,18,23-25H,1,5-6,8,15,17H2,2-3H3/t18?,24-,25-/m1/s1. The van der Waals surface area contributed by atoms with E-state index >= 15 is 0 Å². The lowest BCUT2D eigenvalue weighted by Crippen LogP contribution is -2.47. The zero-order valence-corrected chi connectivity index (χ0v) is 18.5. The summed E-state index contributed by atoms with van der Waals surface area (Å²) in [4.78, 5) is 2.74. The van der Waals surface area contributed by atoms with E-state index in [9.17, 15) is 0 Å². The third-order valence-electron chi connectivity index (χ3n) is 6.19. The summed E-state index contributed by atoms with van der Waals surface area (Å²) in [6, 6.07) is 17.8. The van der Waals surface area contributed by atoms with Crippen LogP contribution >= 0.6 is 23.2 Å². The average Bonchev–Trinajstić information content (AvgIpc) is 2.70. The Morgan fingerprint density at radius 3 is 2.36 bits per heavy atom. The Balaban J connectivity index is 2.09. The zero-order valence-electron chi connectivity index (χ0n) is 17.0. The van der Waals surface area contributed by atoms with Crippen LogP contribution in [0.3, 0.4) is 0 Å². The lowest BCUT2D eigenvalue weighted by molar-refractivity contribution is 0.0414. The Morgan fingerprint density at radius 1 is 1.04 bits per heavy atom. The predicted octanol–water partition coefficient (Wildman–Crippen LogP) is 7.90. The fourth-order valence-electron chi connectivity index (χ4n) is 4.89. The first-order valence-electron chi connectivity index (χ1n) is 10.4. The van der Waals surface area contributed by atoms with E-state index in [2.05, 4.69) is 61.7 Å². The van der Waals surface area contributed by atoms with Crippen molar-refractivity contribution in [3.05, 3.63) is 82.4 Å². The maximum absolute atomic E-state index is 6.38. The summed E-state index contributed by atoms with van der Waals surface area (Å²) >= 11 is 12.6. The quantitative estimate of drug-likeness (QED) is 0.415. The van der Waals surface area contributed by atoms with Gasteiger partial charge in [0.05, 0.1) is 0 Å². The molecule has 150 valence electrons. The molecule has 1 saturated heterocycles. The second kappa shape index (κ2) is 9.96. The van der Waals surface area contributed by atoms with Crippen LogP contribution in [0.15, 0.2) is 61.2 Å². The van der Waals surface area contributed by atoms with Gasteiger partial charge in [0.25, 0.3) is 0 Å². The summed E-state index contributed by atoms with van der Waals surface area (Å²) in [5, 5.41) is 1.60. The molecule has 1 aliphatic heterocycles. The molecule has 0 aliphatic carbocycles. The van der Waals surface area contributed by atoms with Crippen molar-refractivity contribution in [2.75, 3.05) is 6.54 Å². The van der Waals surface area contributed by atoms with Crippen molar-refractivity contribution >= 4 is 23.2 Å². The summed E-state index contributed by atoms with van der Waals surface area (Å²) in [6.07, 6.45) is 6.60. The van der Waals surface area contributed by atoms with Crippen molar-refractivity contribution in [3.8, 4) is 0 Å². The Hall–Kier alpha value is -1.28. The maximum Gasteiger partial charge on any atom is 0.0419 e. The van der Waals surface area contributed by atoms with E-state index in [1.807, 2.05) is 18.2 Å². The van der Waals surface area contributed by atoms with Crippen molar-refractivity contribution < 1.29 is 0 Å². The number of benzene rings is 2. The first-order chi connectivity index (χ1) is 13.6. The number of likely N-dealkylation sites (tertiary alicyclic amines) is 1. The number of hydrogen-bond acceptors (Lipinski definition) is 1. The van der Waals surface area contributed by atoms with Gasteiger partial charge in [-0.1, -0.05) is 67.4 Å². The number of piperidine rings is 1. The lowest BCUT2D eigenvalue weighted by Gasteiger charge is -2.48. The van der Waals surface area contributed by atoms with Gasteiger partial charge in [0.1, 0.15) is 0 Å². The largest absolute Gasteiger partial charge is 0.293 e. The van der Waals surface area contributed by atoms with E-state index < -0.39 is 0 Å². The smallest absolute Gasteiger partial charge is 0.0419 e. The molecule has 0 aromatic heterocycles. The van der Waals surface area contributed by atoms with E-state index in [4.69, 9.17) is 23.2 Å². The van der Waals surface area contributed by atoms with E-state index in [-0.39, 0.29) is 0 Å². The highest BCUT2D eigenvalue weighted by atomic mass is 35.5. The number of nitrogens with zero attached hydrogens (tertiary/aromatic N) is 1. The first-order valence-corrected chi connectivity index (χ1v) is 11.2. The molecular weight excluding hydrogens is 385 g/mol. The Labute approximate surface area is 180 Å². The van der Waals surface area contributed by atoms with Crippen LogP contribution in [0.2, 0.25) is 10.0 Å². The Bertz CT molecular complexity index is 766. The van der Waals surface area contributed by atoms with Crippen molar-refractivity contribution in [2.45, 2.75) is 57.5 Å². The second-order valence-corrected chi connectivity index (χ2v) is 8.82. The van der Waals surface area contributed by atoms with Gasteiger partial charge in [-0.3, -0.25) is 4.90 Å². The molecule has 3 rings (SSSR count). The van der Waals surface area contributed by atoms with Crippen LogP contribution in [0.5, 0.6) is 0 Å². The van der Waals surface area contributed by atoms with Crippen molar-refractivity contribution in [2.24, 2.45) is 5.92 Å². The average molecular weight is 416 g/mol. The highest BCUT2D eigenvalue weighted by Crippen LogP contribution is 2.47. The SMILES string of the molecule is C=CCC1C[C@H](c2cccc(Cl)c2)[C@@H](c2ccc(Cl)cc2)N(C(CC)CC)C1. The predicted molar refractivity (Wildman–Crippen MR) is 122 cm³/mol. The van der Waals surface area contributed by atoms with Crippen molar-refractivity contribution in [3.63, 3.8) is 0 Å². The summed E-state index contributed by atoms with van der Waals surface area (Å²) < 4.78 is 0. The molecule has 0 bridgehead atoms. The molecule has 1 heterocycles. The zero-order chi connectivity index (χ0) is 20.1. The first kappa shape index (κ1) is 21.4. The third-order valence-corrected chi connectivity index (χ3v) is 6.68. The summed E-state index contributed by atoms with van der Waals surface area (Å²) in [6.45, 7) is 9.73. The highest BCUT2D eigenvalue weighted by molar-refractivity contribution is 6.30. The summed E-state index contributed by atoms with van der Waals surface area (Å²) in [5.74, 6) is 1.02. The fourth-order valence-corrected chi connectivity index (χ4v) is 5.21. The number of rotatable bonds is 7. The molecule has 0 amide bonds. The van der Waals surface area contributed by atoms with Gasteiger partial charge in [-0.2, -0.15) is 0 Å². The van der Waals surface area contributed by atoms with Crippen molar-refractivity contribution in [1.29, 1.82) is 0 Å². The highest BCUT2D eigenvalue weighted by Gasteiger charge is 2.39. The molecule has 1 fully saturated rings. The minimum absolute atomic E-state index is 0.335. The molecule has 3 heteroatoms. The van der Waals surface area contributed by atoms with Gasteiger partial charge in [0.2, 0.25) is 0 Å². The molecule has 1 nitrogen and oxygen atoms in total. The Kier molecular flexibility index (Phi) is 7.62. The van der Waals surface area contributed by atoms with E-state index in [1.54, 1.807) is 0 Å². The van der Waals surface area contributed by atoms with Crippen LogP contribution in [-0.2, 0) is 0 Å². The molecule has 28 heavy (non-hydrogen) atoms. The molecule has 2 aromatic carbocycles. The lowest BCUT2D eigenvalue weighted by atomic mass is 9.74. The third kappa shape index (κ3) is 4.82. The maximum atomic E-state index is 6.38. The minimum Gasteiger partial charge on any atom is -0.293 e. The molecule has 0 N–H and O–H groups in total. The molecule has 1 unspecified atom stereocenters. The molecular formula is C25H31Cl2N. The van der Waals surface area contributed by atoms with Gasteiger partial charge < -0.3 is 0 Å². The molecule has 0 spiro atoms. The van der Waals surface area contributed by atoms with Gasteiger partial charge in [0.15, 0.2) is 0 Å². The van der Waals surface area contributed by atoms with Crippen LogP contribution in [0.1, 0.15) is 62.6 Å². The normalized spacial score (nSPS) is 23.1. The van der Waals surface area contributed by atoms with Crippen LogP contribution in [0.25, 0.3) is 0 Å². The van der Waals surface area contributed by atoms with Crippen molar-refractivity contribution in [1.82, 2.24) is 4.90 Å². The molecule has 2 aromatic rings. The van der Waals surface area contributed by atoms with Gasteiger partial charge >= 0.3 is 0 Å². The second-order valence-electron chi connectivity index (χ2n) is 7.95. The van der Waals surface area contributed by atoms with Gasteiger partial charge in [-0.05, 0) is 67.0 Å². The van der Waals surface area contributed by atoms with E-state index in [0.29, 0.717) is 23.9 Å². The van der Waals surface area contributed by atoms with E-state index in [1.165, 1.54) is 11.1 Å². The van der Waals surface area contributed by atoms with E-state index in [0.717, 1.165) is 42.3 Å². The number of hydrogen-bond donors (Lipinski definition) is 0. The van der Waals surface area contributed by atoms with Crippen LogP contribution < -0.4 is 0 Å². The summed E-state index contributed by atoms with van der Waals surface area (Å²) in [7, 11) is 0. The summed E-state index contributed by atoms with van der Waals surface area (Å²) in [5.41, 5.74) is 2.68. The van der Waals surface area contributed by atoms with Gasteiger partial charge in [-0.25, -0.2) is 0 Å². The van der Waals surface area contributed by atoms with Gasteiger partial charge in [-0.15, -0.1) is 6.58 Å². The number of halogens is 2. The van der Waals surface area contributed by atoms with Crippen LogP contribution in [0.4, 0.5) is 0 Å². The molecule has 3 atom stereocenters. The molecule has 0 saturated carbocycles. The Morgan fingerprint density at radius 2 is 1.75 bits per heavy atom. The number of allylic oxidation sites excluding steroid dienone is 1. The molecule has 0 radical (unpaired) electrons. The topological polar surface area (TPSA) is 3.24 Å². The van der Waals surface area contributed by atoms with Crippen LogP contribution in [0, 0.1) is 5.92 Å².